The van der Waals surface area contributed by atoms with Crippen molar-refractivity contribution in [2.24, 2.45) is 5.72 Å². The molecule has 52 valence electrons. The van der Waals surface area contributed by atoms with Gasteiger partial charge in [0.15, 0.2) is 0 Å². The molecule has 0 aromatic rings. The first-order valence-electron chi connectivity index (χ1n) is 3.06. The minimum Gasteiger partial charge on any atom is -0.481 e. The SMILES string of the molecule is [2H]N([2H])[C@@H](CC(=O)O)C(=O)O. The van der Waals surface area contributed by atoms with Crippen LogP contribution in [0.3, 0.4) is 0 Å². The van der Waals surface area contributed by atoms with Gasteiger partial charge < -0.3 is 15.9 Å². The number of carboxylic acids is 2. The number of hydrogen-bond acceptors (Lipinski definition) is 3. The van der Waals surface area contributed by atoms with Gasteiger partial charge in [-0.25, -0.2) is 0 Å². The predicted molar refractivity (Wildman–Crippen MR) is 27.9 cm³/mol. The molecule has 4 N–H and O–H groups in total. The fraction of sp³-hybridized carbons (Fsp3) is 0.500. The molecule has 0 rings (SSSR count). The van der Waals surface area contributed by atoms with Crippen LogP contribution in [0.2, 0.25) is 2.82 Å². The van der Waals surface area contributed by atoms with E-state index in [9.17, 15) is 9.59 Å². The third-order valence-corrected chi connectivity index (χ3v) is 0.653. The highest BCUT2D eigenvalue weighted by atomic mass is 16.4. The van der Waals surface area contributed by atoms with Gasteiger partial charge in [0.2, 0.25) is 0 Å². The van der Waals surface area contributed by atoms with Crippen molar-refractivity contribution in [2.45, 2.75) is 12.5 Å². The van der Waals surface area contributed by atoms with E-state index in [0.717, 1.165) is 0 Å². The van der Waals surface area contributed by atoms with E-state index in [1.165, 1.54) is 0 Å². The molecule has 0 aromatic carbocycles. The molecule has 5 heteroatoms. The van der Waals surface area contributed by atoms with E-state index >= 15 is 0 Å². The Bertz CT molecular complexity index is 171. The highest BCUT2D eigenvalue weighted by molar-refractivity contribution is 5.80. The Morgan fingerprint density at radius 2 is 2.22 bits per heavy atom. The monoisotopic (exact) mass is 135 g/mol. The maximum absolute atomic E-state index is 10.1. The molecule has 0 aliphatic carbocycles. The summed E-state index contributed by atoms with van der Waals surface area (Å²) in [5.41, 5.74) is -0.142. The number of hydrogen-bond donors (Lipinski definition) is 3. The summed E-state index contributed by atoms with van der Waals surface area (Å²) in [5, 5.41) is 16.4. The largest absolute Gasteiger partial charge is 0.481 e. The van der Waals surface area contributed by atoms with Crippen LogP contribution in [0.1, 0.15) is 6.42 Å². The molecule has 0 aliphatic rings. The van der Waals surface area contributed by atoms with E-state index < -0.39 is 24.4 Å². The molecule has 0 saturated heterocycles. The molecule has 5 nitrogen and oxygen atoms in total. The standard InChI is InChI=1S/C4H7NO4/c5-2(4(8)9)1-3(6)7/h2H,1,5H2,(H,6,7)(H,8,9)/t2-/m0/s1/i/hD2. The molecular weight excluding hydrogens is 126 g/mol. The van der Waals surface area contributed by atoms with Gasteiger partial charge in [0.25, 0.3) is 0 Å². The summed E-state index contributed by atoms with van der Waals surface area (Å²) < 4.78 is 13.0. The lowest BCUT2D eigenvalue weighted by Crippen LogP contribution is -2.32. The summed E-state index contributed by atoms with van der Waals surface area (Å²) in [6.45, 7) is 0. The number of aliphatic carboxylic acids is 2. The topological polar surface area (TPSA) is 101 Å². The minimum absolute atomic E-state index is 0.142. The van der Waals surface area contributed by atoms with Crippen LogP contribution >= 0.6 is 0 Å². The van der Waals surface area contributed by atoms with E-state index in [-0.39, 0.29) is 5.72 Å². The van der Waals surface area contributed by atoms with Crippen LogP contribution in [0.25, 0.3) is 0 Å². The summed E-state index contributed by atoms with van der Waals surface area (Å²) in [5.74, 6) is -2.83. The lowest BCUT2D eigenvalue weighted by molar-refractivity contribution is -0.144. The molecule has 0 unspecified atom stereocenters. The van der Waals surface area contributed by atoms with Crippen molar-refractivity contribution in [2.75, 3.05) is 0 Å². The van der Waals surface area contributed by atoms with E-state index in [4.69, 9.17) is 13.0 Å². The molecule has 9 heavy (non-hydrogen) atoms. The van der Waals surface area contributed by atoms with E-state index in [2.05, 4.69) is 0 Å². The Labute approximate surface area is 54.0 Å². The summed E-state index contributed by atoms with van der Waals surface area (Å²) in [6.07, 6.45) is -0.748. The van der Waals surface area contributed by atoms with Gasteiger partial charge in [0.05, 0.1) is 6.42 Å². The zero-order valence-corrected chi connectivity index (χ0v) is 4.44. The molecule has 0 fully saturated rings. The average molecular weight is 135 g/mol. The molecule has 0 saturated carbocycles. The third-order valence-electron chi connectivity index (χ3n) is 0.653. The van der Waals surface area contributed by atoms with E-state index in [1.807, 2.05) is 0 Å². The normalized spacial score (nSPS) is 16.1. The van der Waals surface area contributed by atoms with Gasteiger partial charge in [-0.15, -0.1) is 0 Å². The second-order valence-electron chi connectivity index (χ2n) is 1.45. The lowest BCUT2D eigenvalue weighted by atomic mass is 10.2. The smallest absolute Gasteiger partial charge is 0.321 e. The van der Waals surface area contributed by atoms with Gasteiger partial charge in [-0.3, -0.25) is 9.59 Å². The van der Waals surface area contributed by atoms with Gasteiger partial charge in [-0.1, -0.05) is 0 Å². The van der Waals surface area contributed by atoms with Crippen LogP contribution in [0.15, 0.2) is 0 Å². The Kier molecular flexibility index (Phi) is 1.60. The zero-order valence-electron chi connectivity index (χ0n) is 6.44. The first-order valence-corrected chi connectivity index (χ1v) is 2.16. The Balaban J connectivity index is 4.12. The minimum atomic E-state index is -1.60. The highest BCUT2D eigenvalue weighted by Crippen LogP contribution is 1.86. The first-order chi connectivity index (χ1) is 4.95. The Morgan fingerprint density at radius 3 is 2.33 bits per heavy atom. The quantitative estimate of drug-likeness (QED) is 0.453. The molecule has 0 amide bonds. The maximum Gasteiger partial charge on any atom is 0.321 e. The summed E-state index contributed by atoms with van der Waals surface area (Å²) >= 11 is 0. The van der Waals surface area contributed by atoms with Crippen molar-refractivity contribution < 1.29 is 22.6 Å². The fourth-order valence-corrected chi connectivity index (χ4v) is 0.253. The number of carboxylic acid groups (broad SMARTS) is 2. The van der Waals surface area contributed by atoms with Gasteiger partial charge in [-0.2, -0.15) is 0 Å². The van der Waals surface area contributed by atoms with E-state index in [0.29, 0.717) is 0 Å². The van der Waals surface area contributed by atoms with Crippen LogP contribution in [0.5, 0.6) is 0 Å². The van der Waals surface area contributed by atoms with Crippen LogP contribution < -0.4 is 5.72 Å². The van der Waals surface area contributed by atoms with Gasteiger partial charge in [0.1, 0.15) is 8.87 Å². The van der Waals surface area contributed by atoms with Crippen molar-refractivity contribution in [3.63, 3.8) is 0 Å². The molecule has 0 aliphatic heterocycles. The van der Waals surface area contributed by atoms with Crippen LogP contribution in [0.4, 0.5) is 0 Å². The summed E-state index contributed by atoms with van der Waals surface area (Å²) in [7, 11) is 0. The average Bonchev–Trinajstić information content (AvgIpc) is 1.81. The summed E-state index contributed by atoms with van der Waals surface area (Å²) in [6, 6.07) is -1.60. The molecule has 0 spiro atoms. The molecule has 0 heterocycles. The lowest BCUT2D eigenvalue weighted by Gasteiger charge is -1.99. The maximum atomic E-state index is 10.1. The van der Waals surface area contributed by atoms with Crippen LogP contribution in [0, 0.1) is 0 Å². The van der Waals surface area contributed by atoms with E-state index in [1.54, 1.807) is 0 Å². The van der Waals surface area contributed by atoms with Gasteiger partial charge in [-0.05, 0) is 0 Å². The first kappa shape index (κ1) is 4.75. The Hall–Kier alpha value is -1.10. The zero-order chi connectivity index (χ0) is 9.02. The second-order valence-corrected chi connectivity index (χ2v) is 1.45. The van der Waals surface area contributed by atoms with Crippen molar-refractivity contribution in [1.82, 2.24) is 0 Å². The van der Waals surface area contributed by atoms with Gasteiger partial charge >= 0.3 is 11.9 Å². The molecule has 0 radical (unpaired) electrons. The van der Waals surface area contributed by atoms with Crippen molar-refractivity contribution in [3.05, 3.63) is 0 Å². The van der Waals surface area contributed by atoms with Gasteiger partial charge in [0, 0.05) is 0 Å². The molecule has 0 bridgehead atoms. The second kappa shape index (κ2) is 3.03. The fourth-order valence-electron chi connectivity index (χ4n) is 0.253. The number of nitrogens with two attached hydrogens (primary N) is 1. The number of carbonyl (C=O) groups is 2. The highest BCUT2D eigenvalue weighted by Gasteiger charge is 2.14. The third kappa shape index (κ3) is 3.48. The molecule has 0 aromatic heterocycles. The predicted octanol–water partition coefficient (Wildman–Crippen LogP) is -1.13. The van der Waals surface area contributed by atoms with Crippen LogP contribution in [-0.2, 0) is 9.59 Å². The molecule has 1 atom stereocenters. The molecular formula is C4H7NO4. The van der Waals surface area contributed by atoms with Crippen molar-refractivity contribution >= 4 is 11.9 Å². The summed E-state index contributed by atoms with van der Waals surface area (Å²) in [4.78, 5) is 20.1. The number of rotatable bonds is 4. The van der Waals surface area contributed by atoms with Crippen molar-refractivity contribution in [1.29, 1.82) is 0 Å². The van der Waals surface area contributed by atoms with Crippen molar-refractivity contribution in [3.8, 4) is 0 Å². The van der Waals surface area contributed by atoms with Crippen LogP contribution in [-0.4, -0.2) is 28.2 Å². The Morgan fingerprint density at radius 1 is 1.67 bits per heavy atom.